The van der Waals surface area contributed by atoms with Crippen LogP contribution in [0.25, 0.3) is 0 Å². The third-order valence-electron chi connectivity index (χ3n) is 2.95. The minimum absolute atomic E-state index is 0.260. The van der Waals surface area contributed by atoms with Crippen molar-refractivity contribution in [2.24, 2.45) is 11.3 Å². The maximum atomic E-state index is 10.2. The molecule has 2 heteroatoms. The maximum Gasteiger partial charge on any atom is 0.0960 e. The summed E-state index contributed by atoms with van der Waals surface area (Å²) >= 11 is 0. The third-order valence-corrected chi connectivity index (χ3v) is 2.95. The van der Waals surface area contributed by atoms with E-state index in [1.807, 2.05) is 18.2 Å². The summed E-state index contributed by atoms with van der Waals surface area (Å²) in [5.74, 6) is 0.597. The molecule has 0 aliphatic rings. The normalized spacial score (nSPS) is 13.9. The second kappa shape index (κ2) is 6.33. The van der Waals surface area contributed by atoms with Gasteiger partial charge in [0, 0.05) is 5.69 Å². The molecule has 0 aliphatic heterocycles. The predicted octanol–water partition coefficient (Wildman–Crippen LogP) is 4.14. The Balaban J connectivity index is 2.65. The minimum atomic E-state index is -0.434. The summed E-state index contributed by atoms with van der Waals surface area (Å²) in [5, 5.41) is 10.2. The zero-order chi connectivity index (χ0) is 13.8. The van der Waals surface area contributed by atoms with Crippen molar-refractivity contribution in [1.82, 2.24) is 4.98 Å². The zero-order valence-corrected chi connectivity index (χ0v) is 12.4. The fourth-order valence-corrected chi connectivity index (χ4v) is 1.93. The van der Waals surface area contributed by atoms with Crippen LogP contribution in [0, 0.1) is 11.3 Å². The van der Waals surface area contributed by atoms with Crippen molar-refractivity contribution in [3.8, 4) is 0 Å². The lowest BCUT2D eigenvalue weighted by molar-refractivity contribution is 0.143. The molecule has 1 N–H and O–H groups in total. The fourth-order valence-electron chi connectivity index (χ4n) is 1.93. The first-order valence-corrected chi connectivity index (χ1v) is 6.92. The van der Waals surface area contributed by atoms with Gasteiger partial charge in [0.05, 0.1) is 11.8 Å². The van der Waals surface area contributed by atoms with Crippen LogP contribution in [0.4, 0.5) is 0 Å². The average Bonchev–Trinajstić information content (AvgIpc) is 2.24. The quantitative estimate of drug-likeness (QED) is 0.850. The van der Waals surface area contributed by atoms with Crippen LogP contribution in [-0.2, 0) is 6.42 Å². The van der Waals surface area contributed by atoms with E-state index >= 15 is 0 Å². The Labute approximate surface area is 111 Å². The van der Waals surface area contributed by atoms with Gasteiger partial charge in [0.1, 0.15) is 0 Å². The lowest BCUT2D eigenvalue weighted by Crippen LogP contribution is -2.10. The molecule has 102 valence electrons. The highest BCUT2D eigenvalue weighted by molar-refractivity contribution is 5.13. The number of pyridine rings is 1. The Morgan fingerprint density at radius 2 is 1.89 bits per heavy atom. The van der Waals surface area contributed by atoms with E-state index in [1.54, 1.807) is 0 Å². The van der Waals surface area contributed by atoms with Crippen molar-refractivity contribution in [1.29, 1.82) is 0 Å². The molecule has 0 aliphatic carbocycles. The largest absolute Gasteiger partial charge is 0.387 e. The lowest BCUT2D eigenvalue weighted by Gasteiger charge is -2.20. The molecule has 1 aromatic heterocycles. The smallest absolute Gasteiger partial charge is 0.0960 e. The molecule has 0 spiro atoms. The van der Waals surface area contributed by atoms with Crippen LogP contribution in [0.3, 0.4) is 0 Å². The number of aromatic nitrogens is 1. The summed E-state index contributed by atoms with van der Waals surface area (Å²) in [6.07, 6.45) is 2.32. The number of rotatable bonds is 5. The SMILES string of the molecule is CC(C)Cc1cccc([C@@H](O)CCC(C)(C)C)n1. The summed E-state index contributed by atoms with van der Waals surface area (Å²) in [6.45, 7) is 11.0. The summed E-state index contributed by atoms with van der Waals surface area (Å²) in [5.41, 5.74) is 2.16. The highest BCUT2D eigenvalue weighted by Gasteiger charge is 2.16. The van der Waals surface area contributed by atoms with Crippen molar-refractivity contribution >= 4 is 0 Å². The van der Waals surface area contributed by atoms with Gasteiger partial charge < -0.3 is 5.11 Å². The van der Waals surface area contributed by atoms with Crippen molar-refractivity contribution < 1.29 is 5.11 Å². The Kier molecular flexibility index (Phi) is 5.33. The highest BCUT2D eigenvalue weighted by atomic mass is 16.3. The van der Waals surface area contributed by atoms with Crippen molar-refractivity contribution in [3.05, 3.63) is 29.6 Å². The molecule has 0 saturated carbocycles. The summed E-state index contributed by atoms with van der Waals surface area (Å²) < 4.78 is 0. The second-order valence-corrected chi connectivity index (χ2v) is 6.77. The lowest BCUT2D eigenvalue weighted by atomic mass is 9.88. The molecule has 1 aromatic rings. The van der Waals surface area contributed by atoms with Gasteiger partial charge in [0.2, 0.25) is 0 Å². The molecule has 18 heavy (non-hydrogen) atoms. The van der Waals surface area contributed by atoms with E-state index in [1.165, 1.54) is 0 Å². The van der Waals surface area contributed by atoms with Gasteiger partial charge in [-0.15, -0.1) is 0 Å². The third kappa shape index (κ3) is 5.63. The van der Waals surface area contributed by atoms with Crippen LogP contribution in [0.5, 0.6) is 0 Å². The first kappa shape index (κ1) is 15.2. The average molecular weight is 249 g/mol. The van der Waals surface area contributed by atoms with Crippen LogP contribution >= 0.6 is 0 Å². The molecule has 0 amide bonds. The molecule has 2 nitrogen and oxygen atoms in total. The Morgan fingerprint density at radius 3 is 2.44 bits per heavy atom. The first-order chi connectivity index (χ1) is 8.28. The standard InChI is InChI=1S/C16H27NO/c1-12(2)11-13-7-6-8-14(17-13)15(18)9-10-16(3,4)5/h6-8,12,15,18H,9-11H2,1-5H3/t15-/m0/s1. The Bertz CT molecular complexity index is 366. The first-order valence-electron chi connectivity index (χ1n) is 6.92. The van der Waals surface area contributed by atoms with E-state index in [2.05, 4.69) is 39.6 Å². The number of aliphatic hydroxyl groups excluding tert-OH is 1. The molecular weight excluding hydrogens is 222 g/mol. The zero-order valence-electron chi connectivity index (χ0n) is 12.4. The van der Waals surface area contributed by atoms with Gasteiger partial charge in [-0.05, 0) is 42.7 Å². The van der Waals surface area contributed by atoms with Crippen molar-refractivity contribution in [2.45, 2.75) is 60.0 Å². The Hall–Kier alpha value is -0.890. The molecule has 0 saturated heterocycles. The summed E-state index contributed by atoms with van der Waals surface area (Å²) in [4.78, 5) is 4.56. The highest BCUT2D eigenvalue weighted by Crippen LogP contribution is 2.26. The molecule has 0 fully saturated rings. The van der Waals surface area contributed by atoms with E-state index in [0.717, 1.165) is 30.7 Å². The fraction of sp³-hybridized carbons (Fsp3) is 0.688. The van der Waals surface area contributed by atoms with Gasteiger partial charge in [0.15, 0.2) is 0 Å². The van der Waals surface area contributed by atoms with Gasteiger partial charge in [-0.3, -0.25) is 4.98 Å². The summed E-state index contributed by atoms with van der Waals surface area (Å²) in [6, 6.07) is 5.97. The molecule has 0 unspecified atom stereocenters. The van der Waals surface area contributed by atoms with Crippen molar-refractivity contribution in [3.63, 3.8) is 0 Å². The van der Waals surface area contributed by atoms with Crippen LogP contribution in [0.2, 0.25) is 0 Å². The second-order valence-electron chi connectivity index (χ2n) is 6.77. The van der Waals surface area contributed by atoms with Crippen LogP contribution in [-0.4, -0.2) is 10.1 Å². The van der Waals surface area contributed by atoms with Gasteiger partial charge in [-0.1, -0.05) is 40.7 Å². The van der Waals surface area contributed by atoms with Gasteiger partial charge >= 0.3 is 0 Å². The number of hydrogen-bond donors (Lipinski definition) is 1. The van der Waals surface area contributed by atoms with E-state index in [-0.39, 0.29) is 5.41 Å². The van der Waals surface area contributed by atoms with Gasteiger partial charge in [0.25, 0.3) is 0 Å². The molecule has 0 bridgehead atoms. The van der Waals surface area contributed by atoms with Crippen molar-refractivity contribution in [2.75, 3.05) is 0 Å². The molecule has 1 heterocycles. The van der Waals surface area contributed by atoms with Crippen LogP contribution in [0.1, 0.15) is 65.0 Å². The molecular formula is C16H27NO. The molecule has 0 aromatic carbocycles. The monoisotopic (exact) mass is 249 g/mol. The summed E-state index contributed by atoms with van der Waals surface area (Å²) in [7, 11) is 0. The van der Waals surface area contributed by atoms with Crippen LogP contribution < -0.4 is 0 Å². The molecule has 1 rings (SSSR count). The van der Waals surface area contributed by atoms with Crippen LogP contribution in [0.15, 0.2) is 18.2 Å². The topological polar surface area (TPSA) is 33.1 Å². The number of aliphatic hydroxyl groups is 1. The number of hydrogen-bond acceptors (Lipinski definition) is 2. The molecule has 0 radical (unpaired) electrons. The van der Waals surface area contributed by atoms with E-state index in [0.29, 0.717) is 5.92 Å². The Morgan fingerprint density at radius 1 is 1.22 bits per heavy atom. The van der Waals surface area contributed by atoms with Gasteiger partial charge in [-0.25, -0.2) is 0 Å². The van der Waals surface area contributed by atoms with E-state index < -0.39 is 6.10 Å². The van der Waals surface area contributed by atoms with E-state index in [9.17, 15) is 5.11 Å². The van der Waals surface area contributed by atoms with E-state index in [4.69, 9.17) is 0 Å². The number of nitrogens with zero attached hydrogens (tertiary/aromatic N) is 1. The minimum Gasteiger partial charge on any atom is -0.387 e. The predicted molar refractivity (Wildman–Crippen MR) is 76.4 cm³/mol. The van der Waals surface area contributed by atoms with Gasteiger partial charge in [-0.2, -0.15) is 0 Å². The maximum absolute atomic E-state index is 10.2. The molecule has 1 atom stereocenters.